The number of hydrogen-bond acceptors (Lipinski definition) is 5. The summed E-state index contributed by atoms with van der Waals surface area (Å²) >= 11 is 7.07. The molecule has 1 aliphatic carbocycles. The van der Waals surface area contributed by atoms with E-state index in [-0.39, 0.29) is 28.2 Å². The van der Waals surface area contributed by atoms with Gasteiger partial charge in [-0.05, 0) is 41.7 Å². The molecule has 2 aromatic rings. The fourth-order valence-corrected chi connectivity index (χ4v) is 5.63. The molecule has 0 saturated carbocycles. The number of alkyl halides is 3. The van der Waals surface area contributed by atoms with E-state index in [0.717, 1.165) is 17.8 Å². The van der Waals surface area contributed by atoms with Crippen molar-refractivity contribution in [3.8, 4) is 6.07 Å². The third kappa shape index (κ3) is 5.86. The zero-order chi connectivity index (χ0) is 27.0. The second kappa shape index (κ2) is 10.3. The summed E-state index contributed by atoms with van der Waals surface area (Å²) in [6.07, 6.45) is -3.72. The number of rotatable bonds is 5. The second-order valence-corrected chi connectivity index (χ2v) is 11.1. The molecule has 1 unspecified atom stereocenters. The number of Topliss-reactive ketones (excluding diaryl/α,β-unsaturated/α-hetero) is 1. The lowest BCUT2D eigenvalue weighted by Gasteiger charge is -2.39. The molecule has 0 aromatic heterocycles. The summed E-state index contributed by atoms with van der Waals surface area (Å²) in [5, 5.41) is 16.5. The number of allylic oxidation sites excluding steroid dienone is 3. The lowest BCUT2D eigenvalue weighted by Crippen LogP contribution is -2.37. The van der Waals surface area contributed by atoms with Crippen molar-refractivity contribution in [2.75, 3.05) is 11.1 Å². The third-order valence-corrected chi connectivity index (χ3v) is 7.45. The van der Waals surface area contributed by atoms with Crippen LogP contribution >= 0.6 is 23.4 Å². The van der Waals surface area contributed by atoms with Gasteiger partial charge in [0.2, 0.25) is 5.91 Å². The molecule has 0 bridgehead atoms. The van der Waals surface area contributed by atoms with Gasteiger partial charge in [-0.2, -0.15) is 18.4 Å². The zero-order valence-electron chi connectivity index (χ0n) is 20.0. The summed E-state index contributed by atoms with van der Waals surface area (Å²) in [6.45, 7) is 3.96. The molecule has 192 valence electrons. The number of thioether (sulfide) groups is 1. The number of nitrogens with one attached hydrogen (secondary N) is 2. The normalized spacial score (nSPS) is 19.2. The van der Waals surface area contributed by atoms with Crippen molar-refractivity contribution in [3.05, 3.63) is 86.6 Å². The van der Waals surface area contributed by atoms with E-state index in [0.29, 0.717) is 39.7 Å². The molecular formula is C27H23ClF3N3O2S. The topological polar surface area (TPSA) is 82.0 Å². The van der Waals surface area contributed by atoms with Gasteiger partial charge in [-0.3, -0.25) is 9.59 Å². The molecule has 5 nitrogen and oxygen atoms in total. The maximum atomic E-state index is 13.3. The molecule has 4 rings (SSSR count). The molecule has 37 heavy (non-hydrogen) atoms. The average Bonchev–Trinajstić information content (AvgIpc) is 2.81. The molecule has 10 heteroatoms. The molecule has 0 fully saturated rings. The minimum atomic E-state index is -4.62. The summed E-state index contributed by atoms with van der Waals surface area (Å²) in [7, 11) is 0. The summed E-state index contributed by atoms with van der Waals surface area (Å²) in [4.78, 5) is 25.9. The monoisotopic (exact) mass is 545 g/mol. The Bertz CT molecular complexity index is 1360. The van der Waals surface area contributed by atoms with Gasteiger partial charge in [0.05, 0.1) is 39.6 Å². The largest absolute Gasteiger partial charge is 0.418 e. The molecular weight excluding hydrogens is 523 g/mol. The number of benzene rings is 2. The van der Waals surface area contributed by atoms with Crippen LogP contribution in [0.15, 0.2) is 70.4 Å². The second-order valence-electron chi connectivity index (χ2n) is 9.68. The molecule has 2 aromatic carbocycles. The number of carbonyl (C=O) groups is 2. The van der Waals surface area contributed by atoms with Gasteiger partial charge in [0.1, 0.15) is 0 Å². The Morgan fingerprint density at radius 1 is 1.19 bits per heavy atom. The molecule has 2 N–H and O–H groups in total. The summed E-state index contributed by atoms with van der Waals surface area (Å²) in [6, 6.07) is 13.8. The van der Waals surface area contributed by atoms with E-state index in [1.54, 1.807) is 24.3 Å². The third-order valence-electron chi connectivity index (χ3n) is 6.18. The van der Waals surface area contributed by atoms with Crippen LogP contribution in [-0.4, -0.2) is 17.4 Å². The highest BCUT2D eigenvalue weighted by Crippen LogP contribution is 2.48. The molecule has 1 heterocycles. The minimum Gasteiger partial charge on any atom is -0.352 e. The van der Waals surface area contributed by atoms with Crippen LogP contribution in [0.2, 0.25) is 5.02 Å². The van der Waals surface area contributed by atoms with Crippen LogP contribution in [0.3, 0.4) is 0 Å². The van der Waals surface area contributed by atoms with Gasteiger partial charge < -0.3 is 10.6 Å². The van der Waals surface area contributed by atoms with Gasteiger partial charge in [-0.1, -0.05) is 61.5 Å². The average molecular weight is 546 g/mol. The smallest absolute Gasteiger partial charge is 0.352 e. The first kappa shape index (κ1) is 26.8. The van der Waals surface area contributed by atoms with Crippen LogP contribution in [0.4, 0.5) is 18.9 Å². The van der Waals surface area contributed by atoms with Crippen molar-refractivity contribution in [2.45, 2.75) is 38.8 Å². The van der Waals surface area contributed by atoms with Gasteiger partial charge >= 0.3 is 6.18 Å². The number of nitrogens with zero attached hydrogens (tertiary/aromatic N) is 1. The number of anilines is 1. The molecule has 1 amide bonds. The highest BCUT2D eigenvalue weighted by atomic mass is 35.5. The minimum absolute atomic E-state index is 0.0583. The van der Waals surface area contributed by atoms with Crippen LogP contribution in [-0.2, 0) is 15.8 Å². The first-order valence-corrected chi connectivity index (χ1v) is 12.8. The van der Waals surface area contributed by atoms with E-state index in [1.165, 1.54) is 18.2 Å². The van der Waals surface area contributed by atoms with Gasteiger partial charge in [-0.25, -0.2) is 0 Å². The quantitative estimate of drug-likeness (QED) is 0.432. The Morgan fingerprint density at radius 2 is 1.86 bits per heavy atom. The molecule has 0 radical (unpaired) electrons. The standard InChI is InChI=1S/C27H23ClF3N3O2S/c1-26(2)11-20-24(21(35)12-26)23(15-7-9-16(28)10-8-15)17(13-32)25(34-20)37-14-22(36)33-19-6-4-3-5-18(19)27(29,30)31/h3-10,23,34H,11-12,14H2,1-2H3,(H,33,36). The van der Waals surface area contributed by atoms with Gasteiger partial charge in [0.15, 0.2) is 5.78 Å². The number of para-hydroxylation sites is 1. The molecule has 1 aliphatic heterocycles. The highest BCUT2D eigenvalue weighted by molar-refractivity contribution is 8.03. The molecule has 0 saturated heterocycles. The summed E-state index contributed by atoms with van der Waals surface area (Å²) < 4.78 is 39.9. The lowest BCUT2D eigenvalue weighted by atomic mass is 9.69. The van der Waals surface area contributed by atoms with Gasteiger partial charge in [-0.15, -0.1) is 0 Å². The van der Waals surface area contributed by atoms with Crippen molar-refractivity contribution < 1.29 is 22.8 Å². The number of dihydropyridines is 1. The van der Waals surface area contributed by atoms with E-state index in [9.17, 15) is 28.0 Å². The van der Waals surface area contributed by atoms with Crippen LogP contribution in [0.25, 0.3) is 0 Å². The predicted octanol–water partition coefficient (Wildman–Crippen LogP) is 6.80. The SMILES string of the molecule is CC1(C)CC(=O)C2=C(C1)NC(SCC(=O)Nc1ccccc1C(F)(F)F)=C(C#N)C2c1ccc(Cl)cc1. The van der Waals surface area contributed by atoms with Crippen LogP contribution in [0, 0.1) is 16.7 Å². The van der Waals surface area contributed by atoms with E-state index in [4.69, 9.17) is 11.6 Å². The van der Waals surface area contributed by atoms with Crippen molar-refractivity contribution >= 4 is 40.7 Å². The number of halogens is 4. The molecule has 0 spiro atoms. The maximum absolute atomic E-state index is 13.3. The van der Waals surface area contributed by atoms with Crippen molar-refractivity contribution in [1.29, 1.82) is 5.26 Å². The van der Waals surface area contributed by atoms with Crippen molar-refractivity contribution in [1.82, 2.24) is 5.32 Å². The summed E-state index contributed by atoms with van der Waals surface area (Å²) in [5.74, 6) is -1.60. The van der Waals surface area contributed by atoms with E-state index in [1.807, 2.05) is 13.8 Å². The zero-order valence-corrected chi connectivity index (χ0v) is 21.6. The number of hydrogen-bond donors (Lipinski definition) is 2. The van der Waals surface area contributed by atoms with Crippen LogP contribution in [0.5, 0.6) is 0 Å². The maximum Gasteiger partial charge on any atom is 0.418 e. The van der Waals surface area contributed by atoms with E-state index in [2.05, 4.69) is 16.7 Å². The Morgan fingerprint density at radius 3 is 2.51 bits per heavy atom. The Labute approximate surface area is 221 Å². The van der Waals surface area contributed by atoms with E-state index >= 15 is 0 Å². The number of nitriles is 1. The van der Waals surface area contributed by atoms with Crippen LogP contribution < -0.4 is 10.6 Å². The van der Waals surface area contributed by atoms with Gasteiger partial charge in [0, 0.05) is 22.7 Å². The Hall–Kier alpha value is -3.22. The van der Waals surface area contributed by atoms with Crippen molar-refractivity contribution in [3.63, 3.8) is 0 Å². The fourth-order valence-electron chi connectivity index (χ4n) is 4.64. The summed E-state index contributed by atoms with van der Waals surface area (Å²) in [5.41, 5.74) is 0.604. The number of ketones is 1. The lowest BCUT2D eigenvalue weighted by molar-refractivity contribution is -0.137. The predicted molar refractivity (Wildman–Crippen MR) is 138 cm³/mol. The number of carbonyl (C=O) groups excluding carboxylic acids is 2. The first-order valence-electron chi connectivity index (χ1n) is 11.4. The first-order chi connectivity index (χ1) is 17.4. The van der Waals surface area contributed by atoms with Gasteiger partial charge in [0.25, 0.3) is 0 Å². The Kier molecular flexibility index (Phi) is 7.45. The fraction of sp³-hybridized carbons (Fsp3) is 0.296. The Balaban J connectivity index is 1.64. The highest BCUT2D eigenvalue weighted by Gasteiger charge is 2.42. The molecule has 2 aliphatic rings. The van der Waals surface area contributed by atoms with Crippen molar-refractivity contribution in [2.24, 2.45) is 5.41 Å². The van der Waals surface area contributed by atoms with Crippen LogP contribution in [0.1, 0.15) is 43.7 Å². The van der Waals surface area contributed by atoms with E-state index < -0.39 is 23.6 Å². The molecule has 1 atom stereocenters. The number of amides is 1.